The average molecular weight is 457 g/mol. The number of hydrogen-bond acceptors (Lipinski definition) is 6. The molecular weight excluding hydrogens is 416 g/mol. The molecule has 10 nitrogen and oxygen atoms in total. The molecule has 1 heterocycles. The normalized spacial score (nSPS) is 15.0. The van der Waals surface area contributed by atoms with Gasteiger partial charge in [-0.25, -0.2) is 9.59 Å². The Hall–Kier alpha value is -2.52. The van der Waals surface area contributed by atoms with Crippen LogP contribution in [0.3, 0.4) is 0 Å². The number of ether oxygens (including phenoxy) is 2. The van der Waals surface area contributed by atoms with Crippen molar-refractivity contribution in [2.24, 2.45) is 5.92 Å². The van der Waals surface area contributed by atoms with E-state index in [1.807, 2.05) is 0 Å². The van der Waals surface area contributed by atoms with Crippen molar-refractivity contribution in [2.75, 3.05) is 32.7 Å². The van der Waals surface area contributed by atoms with Gasteiger partial charge in [-0.2, -0.15) is 0 Å². The van der Waals surface area contributed by atoms with Crippen LogP contribution in [0.4, 0.5) is 9.59 Å². The third-order valence-corrected chi connectivity index (χ3v) is 4.58. The molecule has 0 radical (unpaired) electrons. The molecule has 10 heteroatoms. The van der Waals surface area contributed by atoms with Crippen molar-refractivity contribution < 1.29 is 28.7 Å². The minimum atomic E-state index is -0.572. The molecule has 0 saturated carbocycles. The Morgan fingerprint density at radius 3 is 1.72 bits per heavy atom. The van der Waals surface area contributed by atoms with Gasteiger partial charge in [-0.3, -0.25) is 9.59 Å². The molecule has 1 rings (SSSR count). The number of carbonyl (C=O) groups is 4. The quantitative estimate of drug-likeness (QED) is 0.514. The second-order valence-electron chi connectivity index (χ2n) is 9.99. The maximum Gasteiger partial charge on any atom is 0.407 e. The van der Waals surface area contributed by atoms with Crippen LogP contribution in [0, 0.1) is 5.92 Å². The number of nitrogens with one attached hydrogen (secondary N) is 3. The van der Waals surface area contributed by atoms with Gasteiger partial charge in [0.1, 0.15) is 11.2 Å². The number of amides is 4. The minimum absolute atomic E-state index is 0.00300. The van der Waals surface area contributed by atoms with Gasteiger partial charge in [0.05, 0.1) is 0 Å². The van der Waals surface area contributed by atoms with Crippen molar-refractivity contribution in [1.29, 1.82) is 0 Å². The van der Waals surface area contributed by atoms with Crippen LogP contribution in [0.15, 0.2) is 0 Å². The van der Waals surface area contributed by atoms with Gasteiger partial charge in [-0.05, 0) is 60.3 Å². The fraction of sp³-hybridized carbons (Fsp3) is 0.818. The Morgan fingerprint density at radius 1 is 0.781 bits per heavy atom. The van der Waals surface area contributed by atoms with Gasteiger partial charge >= 0.3 is 12.2 Å². The highest BCUT2D eigenvalue weighted by Gasteiger charge is 2.23. The SMILES string of the molecule is CC(C)(C)OC(=O)NCCC(=O)NCC1CCN(C(=O)CCNC(=O)OC(C)(C)C)CC1. The summed E-state index contributed by atoms with van der Waals surface area (Å²) in [4.78, 5) is 49.3. The largest absolute Gasteiger partial charge is 0.444 e. The molecule has 1 aliphatic heterocycles. The second-order valence-corrected chi connectivity index (χ2v) is 9.99. The molecule has 0 atom stereocenters. The molecule has 1 saturated heterocycles. The van der Waals surface area contributed by atoms with Crippen molar-refractivity contribution in [2.45, 2.75) is 78.4 Å². The predicted molar refractivity (Wildman–Crippen MR) is 120 cm³/mol. The number of alkyl carbamates (subject to hydrolysis) is 2. The number of nitrogens with zero attached hydrogens (tertiary/aromatic N) is 1. The summed E-state index contributed by atoms with van der Waals surface area (Å²) in [6.45, 7) is 12.9. The lowest BCUT2D eigenvalue weighted by atomic mass is 9.96. The van der Waals surface area contributed by atoms with Crippen molar-refractivity contribution in [3.05, 3.63) is 0 Å². The van der Waals surface area contributed by atoms with E-state index in [0.29, 0.717) is 25.6 Å². The zero-order valence-corrected chi connectivity index (χ0v) is 20.3. The van der Waals surface area contributed by atoms with Crippen LogP contribution in [-0.2, 0) is 19.1 Å². The Morgan fingerprint density at radius 2 is 1.25 bits per heavy atom. The molecule has 0 spiro atoms. The first-order valence-electron chi connectivity index (χ1n) is 11.2. The number of carbonyl (C=O) groups excluding carboxylic acids is 4. The molecular formula is C22H40N4O6. The van der Waals surface area contributed by atoms with Gasteiger partial charge in [0.25, 0.3) is 0 Å². The maximum absolute atomic E-state index is 12.3. The fourth-order valence-electron chi connectivity index (χ4n) is 3.07. The zero-order valence-electron chi connectivity index (χ0n) is 20.3. The van der Waals surface area contributed by atoms with Crippen molar-refractivity contribution in [3.8, 4) is 0 Å². The van der Waals surface area contributed by atoms with E-state index in [1.165, 1.54) is 0 Å². The first kappa shape index (κ1) is 27.5. The van der Waals surface area contributed by atoms with E-state index in [2.05, 4.69) is 16.0 Å². The number of piperidine rings is 1. The van der Waals surface area contributed by atoms with Crippen molar-refractivity contribution >= 4 is 24.0 Å². The third-order valence-electron chi connectivity index (χ3n) is 4.58. The molecule has 0 aromatic carbocycles. The Kier molecular flexibility index (Phi) is 10.7. The molecule has 1 aliphatic rings. The predicted octanol–water partition coefficient (Wildman–Crippen LogP) is 2.17. The molecule has 0 aromatic rings. The molecule has 1 fully saturated rings. The highest BCUT2D eigenvalue weighted by Crippen LogP contribution is 2.17. The van der Waals surface area contributed by atoms with E-state index in [4.69, 9.17) is 9.47 Å². The van der Waals surface area contributed by atoms with Crippen LogP contribution in [0.2, 0.25) is 0 Å². The Bertz CT molecular complexity index is 646. The van der Waals surface area contributed by atoms with Crippen LogP contribution in [0.1, 0.15) is 67.2 Å². The van der Waals surface area contributed by atoms with Crippen LogP contribution >= 0.6 is 0 Å². The summed E-state index contributed by atoms with van der Waals surface area (Å²) in [6.07, 6.45) is 0.959. The van der Waals surface area contributed by atoms with Crippen molar-refractivity contribution in [3.63, 3.8) is 0 Å². The highest BCUT2D eigenvalue weighted by atomic mass is 16.6. The van der Waals surface area contributed by atoms with Crippen LogP contribution in [-0.4, -0.2) is 72.8 Å². The molecule has 0 aromatic heterocycles. The summed E-state index contributed by atoms with van der Waals surface area (Å²) in [5.74, 6) is 0.172. The molecule has 32 heavy (non-hydrogen) atoms. The van der Waals surface area contributed by atoms with Gasteiger partial charge < -0.3 is 30.3 Å². The van der Waals surface area contributed by atoms with Crippen LogP contribution in [0.25, 0.3) is 0 Å². The fourth-order valence-corrected chi connectivity index (χ4v) is 3.07. The lowest BCUT2D eigenvalue weighted by Crippen LogP contribution is -2.43. The van der Waals surface area contributed by atoms with E-state index in [-0.39, 0.29) is 37.7 Å². The van der Waals surface area contributed by atoms with Gasteiger partial charge in [0, 0.05) is 45.6 Å². The van der Waals surface area contributed by atoms with Gasteiger partial charge in [-0.15, -0.1) is 0 Å². The second kappa shape index (κ2) is 12.5. The number of hydrogen-bond donors (Lipinski definition) is 3. The van der Waals surface area contributed by atoms with E-state index in [0.717, 1.165) is 12.8 Å². The molecule has 0 unspecified atom stereocenters. The minimum Gasteiger partial charge on any atom is -0.444 e. The maximum atomic E-state index is 12.3. The highest BCUT2D eigenvalue weighted by molar-refractivity contribution is 5.78. The summed E-state index contributed by atoms with van der Waals surface area (Å²) in [5, 5.41) is 8.04. The molecule has 184 valence electrons. The lowest BCUT2D eigenvalue weighted by Gasteiger charge is -2.32. The first-order chi connectivity index (χ1) is 14.7. The zero-order chi connectivity index (χ0) is 24.4. The van der Waals surface area contributed by atoms with Gasteiger partial charge in [0.15, 0.2) is 0 Å². The summed E-state index contributed by atoms with van der Waals surface area (Å²) >= 11 is 0. The molecule has 3 N–H and O–H groups in total. The van der Waals surface area contributed by atoms with Crippen LogP contribution < -0.4 is 16.0 Å². The van der Waals surface area contributed by atoms with E-state index in [1.54, 1.807) is 46.4 Å². The topological polar surface area (TPSA) is 126 Å². The summed E-state index contributed by atoms with van der Waals surface area (Å²) < 4.78 is 10.3. The molecule has 0 bridgehead atoms. The van der Waals surface area contributed by atoms with Gasteiger partial charge in [-0.1, -0.05) is 0 Å². The Labute approximate surface area is 191 Å². The van der Waals surface area contributed by atoms with E-state index in [9.17, 15) is 19.2 Å². The monoisotopic (exact) mass is 456 g/mol. The number of likely N-dealkylation sites (tertiary alicyclic amines) is 1. The van der Waals surface area contributed by atoms with Crippen LogP contribution in [0.5, 0.6) is 0 Å². The lowest BCUT2D eigenvalue weighted by molar-refractivity contribution is -0.132. The van der Waals surface area contributed by atoms with E-state index < -0.39 is 23.4 Å². The van der Waals surface area contributed by atoms with E-state index >= 15 is 0 Å². The summed E-state index contributed by atoms with van der Waals surface area (Å²) in [6, 6.07) is 0. The van der Waals surface area contributed by atoms with Gasteiger partial charge in [0.2, 0.25) is 11.8 Å². The standard InChI is InChI=1S/C22H40N4O6/c1-21(2,3)31-19(29)23-11-7-17(27)25-15-16-9-13-26(14-10-16)18(28)8-12-24-20(30)32-22(4,5)6/h16H,7-15H2,1-6H3,(H,23,29)(H,24,30)(H,25,27). The number of rotatable bonds is 8. The molecule has 4 amide bonds. The third kappa shape index (κ3) is 13.0. The smallest absolute Gasteiger partial charge is 0.407 e. The summed E-state index contributed by atoms with van der Waals surface area (Å²) in [7, 11) is 0. The summed E-state index contributed by atoms with van der Waals surface area (Å²) in [5.41, 5.74) is -1.14. The molecule has 0 aliphatic carbocycles. The average Bonchev–Trinajstić information content (AvgIpc) is 2.63. The first-order valence-corrected chi connectivity index (χ1v) is 11.2. The van der Waals surface area contributed by atoms with Crippen molar-refractivity contribution in [1.82, 2.24) is 20.9 Å². The Balaban J connectivity index is 2.16.